The van der Waals surface area contributed by atoms with Gasteiger partial charge in [0.05, 0.1) is 34.2 Å². The maximum Gasteiger partial charge on any atom is 0.416 e. The van der Waals surface area contributed by atoms with Crippen molar-refractivity contribution in [1.29, 1.82) is 0 Å². The maximum absolute atomic E-state index is 15.8. The molecule has 1 aliphatic rings. The van der Waals surface area contributed by atoms with Gasteiger partial charge < -0.3 is 20.1 Å². The molecule has 0 bridgehead atoms. The molecule has 0 aromatic heterocycles. The molecule has 16 heteroatoms. The first-order valence-electron chi connectivity index (χ1n) is 16.3. The van der Waals surface area contributed by atoms with Crippen molar-refractivity contribution < 1.29 is 50.6 Å². The number of hydrogen-bond donors (Lipinski definition) is 2. The number of aryl methyl sites for hydroxylation is 1. The summed E-state index contributed by atoms with van der Waals surface area (Å²) in [6.07, 6.45) is -4.54. The van der Waals surface area contributed by atoms with Gasteiger partial charge in [0.1, 0.15) is 21.4 Å². The molecule has 0 radical (unpaired) electrons. The van der Waals surface area contributed by atoms with E-state index < -0.39 is 97.7 Å². The molecule has 0 unspecified atom stereocenters. The van der Waals surface area contributed by atoms with E-state index in [2.05, 4.69) is 10.6 Å². The van der Waals surface area contributed by atoms with Gasteiger partial charge >= 0.3 is 18.1 Å². The van der Waals surface area contributed by atoms with Gasteiger partial charge in [0.15, 0.2) is 5.82 Å². The van der Waals surface area contributed by atoms with E-state index in [-0.39, 0.29) is 27.4 Å². The molecule has 1 aliphatic carbocycles. The summed E-state index contributed by atoms with van der Waals surface area (Å²) >= 11 is 19.0. The van der Waals surface area contributed by atoms with Crippen molar-refractivity contribution in [2.45, 2.75) is 82.5 Å². The highest BCUT2D eigenvalue weighted by molar-refractivity contribution is 6.53. The van der Waals surface area contributed by atoms with Gasteiger partial charge in [-0.15, -0.1) is 23.2 Å². The topological polar surface area (TPSA) is 111 Å². The Kier molecular flexibility index (Phi) is 12.2. The van der Waals surface area contributed by atoms with Gasteiger partial charge in [-0.05, 0) is 103 Å². The lowest BCUT2D eigenvalue weighted by molar-refractivity contribution is -0.157. The average molecular weight is 818 g/mol. The van der Waals surface area contributed by atoms with E-state index in [4.69, 9.17) is 44.3 Å². The van der Waals surface area contributed by atoms with Crippen LogP contribution in [0.1, 0.15) is 86.5 Å². The number of hydrogen-bond acceptors (Lipinski definition) is 6. The van der Waals surface area contributed by atoms with Crippen molar-refractivity contribution in [3.63, 3.8) is 0 Å². The number of anilines is 2. The molecule has 3 aromatic rings. The summed E-state index contributed by atoms with van der Waals surface area (Å²) < 4.78 is 80.1. The Balaban J connectivity index is 1.58. The summed E-state index contributed by atoms with van der Waals surface area (Å²) in [7, 11) is 0. The lowest BCUT2D eigenvalue weighted by atomic mass is 10.0. The number of carbonyl (C=O) groups is 4. The SMILES string of the molecule is Cc1cc([C@H]2[C@H](C(=O)Nc3ccc(Cl)c(C(=O)Nc4ccc(F)c(/C=C(/CC(=O)OC(C)(C)C)C(=O)OC(C)(C)C)c4F)c3)C2(Cl)Cl)cc(C(F)(F)F)c1. The Morgan fingerprint density at radius 2 is 1.50 bits per heavy atom. The van der Waals surface area contributed by atoms with Crippen LogP contribution in [-0.4, -0.2) is 39.3 Å². The molecule has 8 nitrogen and oxygen atoms in total. The minimum Gasteiger partial charge on any atom is -0.460 e. The van der Waals surface area contributed by atoms with Crippen LogP contribution in [-0.2, 0) is 30.0 Å². The van der Waals surface area contributed by atoms with Crippen molar-refractivity contribution in [3.8, 4) is 0 Å². The van der Waals surface area contributed by atoms with Crippen molar-refractivity contribution >= 4 is 76.0 Å². The third kappa shape index (κ3) is 10.5. The third-order valence-corrected chi connectivity index (χ3v) is 8.98. The minimum absolute atomic E-state index is 0.0110. The second-order valence-corrected chi connectivity index (χ2v) is 16.5. The normalized spacial score (nSPS) is 17.1. The predicted molar refractivity (Wildman–Crippen MR) is 196 cm³/mol. The molecule has 1 fully saturated rings. The predicted octanol–water partition coefficient (Wildman–Crippen LogP) is 10.2. The first-order chi connectivity index (χ1) is 24.7. The molecule has 0 aliphatic heterocycles. The Morgan fingerprint density at radius 1 is 0.870 bits per heavy atom. The summed E-state index contributed by atoms with van der Waals surface area (Å²) in [5.74, 6) is -8.25. The fraction of sp³-hybridized carbons (Fsp3) is 0.368. The maximum atomic E-state index is 15.8. The summed E-state index contributed by atoms with van der Waals surface area (Å²) in [6, 6.07) is 8.76. The highest BCUT2D eigenvalue weighted by atomic mass is 35.5. The fourth-order valence-electron chi connectivity index (χ4n) is 5.44. The quantitative estimate of drug-likeness (QED) is 0.0963. The molecule has 2 atom stereocenters. The minimum atomic E-state index is -4.64. The van der Waals surface area contributed by atoms with E-state index in [1.54, 1.807) is 41.5 Å². The van der Waals surface area contributed by atoms with Crippen LogP contribution >= 0.6 is 34.8 Å². The number of carbonyl (C=O) groups excluding carboxylic acids is 4. The second kappa shape index (κ2) is 15.5. The Hall–Kier alpha value is -4.20. The number of halogens is 8. The van der Waals surface area contributed by atoms with Gasteiger partial charge in [-0.3, -0.25) is 14.4 Å². The second-order valence-electron chi connectivity index (χ2n) is 14.7. The third-order valence-electron chi connectivity index (χ3n) is 7.71. The van der Waals surface area contributed by atoms with E-state index >= 15 is 8.78 Å². The first kappa shape index (κ1) is 42.5. The summed E-state index contributed by atoms with van der Waals surface area (Å²) in [5.41, 5.74) is -4.47. The van der Waals surface area contributed by atoms with E-state index in [1.807, 2.05) is 0 Å². The monoisotopic (exact) mass is 816 g/mol. The molecular weight excluding hydrogens is 782 g/mol. The number of ether oxygens (including phenoxy) is 2. The van der Waals surface area contributed by atoms with Crippen molar-refractivity contribution in [3.05, 3.63) is 98.6 Å². The zero-order valence-corrected chi connectivity index (χ0v) is 32.3. The number of nitrogens with one attached hydrogen (secondary N) is 2. The van der Waals surface area contributed by atoms with Gasteiger partial charge in [-0.2, -0.15) is 13.2 Å². The smallest absolute Gasteiger partial charge is 0.416 e. The Bertz CT molecular complexity index is 2040. The molecule has 1 saturated carbocycles. The zero-order valence-electron chi connectivity index (χ0n) is 30.0. The van der Waals surface area contributed by atoms with Crippen molar-refractivity contribution in [2.75, 3.05) is 10.6 Å². The van der Waals surface area contributed by atoms with Crippen LogP contribution in [0.4, 0.5) is 33.3 Å². The van der Waals surface area contributed by atoms with E-state index in [9.17, 15) is 32.3 Å². The number of esters is 2. The highest BCUT2D eigenvalue weighted by Crippen LogP contribution is 2.65. The summed E-state index contributed by atoms with van der Waals surface area (Å²) in [4.78, 5) is 52.2. The molecule has 0 spiro atoms. The molecule has 54 heavy (non-hydrogen) atoms. The van der Waals surface area contributed by atoms with Crippen LogP contribution in [0.25, 0.3) is 6.08 Å². The highest BCUT2D eigenvalue weighted by Gasteiger charge is 2.67. The molecule has 0 heterocycles. The van der Waals surface area contributed by atoms with Gasteiger partial charge in [-0.25, -0.2) is 13.6 Å². The molecular formula is C38H36Cl3F5N2O6. The van der Waals surface area contributed by atoms with Crippen LogP contribution < -0.4 is 10.6 Å². The lowest BCUT2D eigenvalue weighted by Crippen LogP contribution is -2.28. The number of amides is 2. The Labute approximate surface area is 323 Å². The molecule has 2 amide bonds. The zero-order chi connectivity index (χ0) is 40.7. The molecule has 3 aromatic carbocycles. The molecule has 0 saturated heterocycles. The molecule has 290 valence electrons. The summed E-state index contributed by atoms with van der Waals surface area (Å²) in [5, 5.41) is 4.67. The van der Waals surface area contributed by atoms with E-state index in [1.165, 1.54) is 25.1 Å². The van der Waals surface area contributed by atoms with Crippen LogP contribution in [0.2, 0.25) is 5.02 Å². The van der Waals surface area contributed by atoms with Gasteiger partial charge in [0, 0.05) is 22.7 Å². The first-order valence-corrected chi connectivity index (χ1v) is 17.4. The molecule has 2 N–H and O–H groups in total. The van der Waals surface area contributed by atoms with Crippen LogP contribution in [0.15, 0.2) is 54.1 Å². The van der Waals surface area contributed by atoms with Crippen LogP contribution in [0.5, 0.6) is 0 Å². The average Bonchev–Trinajstić information content (AvgIpc) is 3.60. The van der Waals surface area contributed by atoms with Crippen LogP contribution in [0.3, 0.4) is 0 Å². The Morgan fingerprint density at radius 3 is 2.09 bits per heavy atom. The lowest BCUT2D eigenvalue weighted by Gasteiger charge is -2.22. The molecule has 4 rings (SSSR count). The largest absolute Gasteiger partial charge is 0.460 e. The van der Waals surface area contributed by atoms with Crippen LogP contribution in [0, 0.1) is 24.5 Å². The fourth-order valence-corrected chi connectivity index (χ4v) is 6.47. The van der Waals surface area contributed by atoms with Gasteiger partial charge in [-0.1, -0.05) is 23.2 Å². The number of alkyl halides is 5. The van der Waals surface area contributed by atoms with E-state index in [0.717, 1.165) is 36.4 Å². The van der Waals surface area contributed by atoms with E-state index in [0.29, 0.717) is 0 Å². The number of benzene rings is 3. The summed E-state index contributed by atoms with van der Waals surface area (Å²) in [6.45, 7) is 10.9. The van der Waals surface area contributed by atoms with Gasteiger partial charge in [0.2, 0.25) is 5.91 Å². The van der Waals surface area contributed by atoms with Gasteiger partial charge in [0.25, 0.3) is 5.91 Å². The van der Waals surface area contributed by atoms with Crippen molar-refractivity contribution in [2.24, 2.45) is 5.92 Å². The standard InChI is InChI=1S/C38H36Cl3F5N2O6/c1-18-12-19(14-21(13-18)38(44,45)46)29-30(37(29,40)41)33(51)47-22-8-9-25(39)23(17-22)32(50)48-27-11-10-26(42)24(31(27)43)15-20(34(52)54-36(5,6)7)16-28(49)53-35(2,3)4/h8-15,17,29-30H,16H2,1-7H3,(H,47,51)(H,48,50)/b20-15-/t29-,30+/m0/s1. The van der Waals surface area contributed by atoms with Crippen molar-refractivity contribution in [1.82, 2.24) is 0 Å². The number of rotatable bonds is 9.